The van der Waals surface area contributed by atoms with Crippen molar-refractivity contribution >= 4 is 33.6 Å². The number of carbonyl (C=O) groups is 3. The molecule has 1 atom stereocenters. The van der Waals surface area contributed by atoms with Crippen molar-refractivity contribution in [2.75, 3.05) is 6.61 Å². The maximum atomic E-state index is 11.8. The zero-order valence-corrected chi connectivity index (χ0v) is 11.6. The molecule has 1 aliphatic rings. The highest BCUT2D eigenvalue weighted by atomic mass is 79.9. The molecule has 0 unspecified atom stereocenters. The van der Waals surface area contributed by atoms with Gasteiger partial charge in [0, 0.05) is 16.5 Å². The van der Waals surface area contributed by atoms with Gasteiger partial charge in [-0.2, -0.15) is 0 Å². The molecule has 1 aliphatic heterocycles. The van der Waals surface area contributed by atoms with Gasteiger partial charge in [0.15, 0.2) is 12.4 Å². The molecule has 6 heteroatoms. The number of carbonyl (C=O) groups excluding carboxylic acids is 3. The number of amides is 1. The van der Waals surface area contributed by atoms with Crippen LogP contribution in [0.4, 0.5) is 0 Å². The van der Waals surface area contributed by atoms with E-state index in [0.717, 1.165) is 4.47 Å². The Labute approximate surface area is 118 Å². The minimum atomic E-state index is -0.620. The van der Waals surface area contributed by atoms with Crippen molar-refractivity contribution in [3.05, 3.63) is 34.3 Å². The number of hydrogen-bond acceptors (Lipinski definition) is 4. The molecular weight excluding hydrogens is 314 g/mol. The molecule has 0 aliphatic carbocycles. The van der Waals surface area contributed by atoms with Crippen molar-refractivity contribution in [1.29, 1.82) is 0 Å². The quantitative estimate of drug-likeness (QED) is 0.671. The second-order valence-corrected chi connectivity index (χ2v) is 5.11. The first-order valence-corrected chi connectivity index (χ1v) is 6.60. The lowest BCUT2D eigenvalue weighted by Gasteiger charge is -2.09. The van der Waals surface area contributed by atoms with Gasteiger partial charge < -0.3 is 10.1 Å². The van der Waals surface area contributed by atoms with Gasteiger partial charge in [-0.15, -0.1) is 0 Å². The van der Waals surface area contributed by atoms with Crippen molar-refractivity contribution < 1.29 is 19.1 Å². The van der Waals surface area contributed by atoms with E-state index < -0.39 is 12.0 Å². The monoisotopic (exact) mass is 325 g/mol. The third-order valence-electron chi connectivity index (χ3n) is 2.79. The van der Waals surface area contributed by atoms with Crippen LogP contribution in [-0.2, 0) is 14.3 Å². The zero-order chi connectivity index (χ0) is 13.8. The van der Waals surface area contributed by atoms with Crippen LogP contribution in [-0.4, -0.2) is 30.3 Å². The molecule has 5 nitrogen and oxygen atoms in total. The van der Waals surface area contributed by atoms with Crippen molar-refractivity contribution in [2.45, 2.75) is 18.9 Å². The van der Waals surface area contributed by atoms with E-state index >= 15 is 0 Å². The highest BCUT2D eigenvalue weighted by Gasteiger charge is 2.28. The summed E-state index contributed by atoms with van der Waals surface area (Å²) in [7, 11) is 0. The Morgan fingerprint density at radius 2 is 2.00 bits per heavy atom. The van der Waals surface area contributed by atoms with Crippen molar-refractivity contribution in [3.8, 4) is 0 Å². The first-order chi connectivity index (χ1) is 9.06. The highest BCUT2D eigenvalue weighted by Crippen LogP contribution is 2.12. The van der Waals surface area contributed by atoms with E-state index in [1.165, 1.54) is 0 Å². The number of rotatable bonds is 4. The zero-order valence-electron chi connectivity index (χ0n) is 10.0. The molecule has 1 aromatic rings. The summed E-state index contributed by atoms with van der Waals surface area (Å²) in [4.78, 5) is 34.3. The lowest BCUT2D eigenvalue weighted by atomic mass is 10.1. The second-order valence-electron chi connectivity index (χ2n) is 4.20. The summed E-state index contributed by atoms with van der Waals surface area (Å²) in [6.07, 6.45) is 0.741. The van der Waals surface area contributed by atoms with Gasteiger partial charge in [0.2, 0.25) is 5.91 Å². The molecule has 1 aromatic carbocycles. The standard InChI is InChI=1S/C13H12BrNO4/c14-9-3-1-8(2-4-9)11(16)7-19-13(18)10-5-6-12(17)15-10/h1-4,10H,5-7H2,(H,15,17)/t10-/m1/s1. The van der Waals surface area contributed by atoms with E-state index in [1.807, 2.05) is 0 Å². The molecule has 0 bridgehead atoms. The number of Topliss-reactive ketones (excluding diaryl/α,β-unsaturated/α-hetero) is 1. The van der Waals surface area contributed by atoms with E-state index in [9.17, 15) is 14.4 Å². The number of ether oxygens (including phenoxy) is 1. The summed E-state index contributed by atoms with van der Waals surface area (Å²) < 4.78 is 5.78. The van der Waals surface area contributed by atoms with Crippen LogP contribution in [0.2, 0.25) is 0 Å². The predicted molar refractivity (Wildman–Crippen MR) is 70.6 cm³/mol. The summed E-state index contributed by atoms with van der Waals surface area (Å²) in [5.74, 6) is -0.998. The summed E-state index contributed by atoms with van der Waals surface area (Å²) in [6.45, 7) is -0.313. The van der Waals surface area contributed by atoms with Gasteiger partial charge in [-0.3, -0.25) is 9.59 Å². The average Bonchev–Trinajstić information content (AvgIpc) is 2.83. The first kappa shape index (κ1) is 13.7. The minimum absolute atomic E-state index is 0.166. The van der Waals surface area contributed by atoms with E-state index in [2.05, 4.69) is 21.2 Å². The number of hydrogen-bond donors (Lipinski definition) is 1. The number of halogens is 1. The van der Waals surface area contributed by atoms with Crippen LogP contribution in [0, 0.1) is 0 Å². The average molecular weight is 326 g/mol. The Kier molecular flexibility index (Phi) is 4.31. The van der Waals surface area contributed by atoms with Crippen LogP contribution in [0.25, 0.3) is 0 Å². The van der Waals surface area contributed by atoms with Gasteiger partial charge in [-0.25, -0.2) is 4.79 Å². The third kappa shape index (κ3) is 3.64. The molecule has 1 saturated heterocycles. The summed E-state index contributed by atoms with van der Waals surface area (Å²) in [5, 5.41) is 2.49. The van der Waals surface area contributed by atoms with Gasteiger partial charge in [0.25, 0.3) is 0 Å². The number of ketones is 1. The topological polar surface area (TPSA) is 72.5 Å². The third-order valence-corrected chi connectivity index (χ3v) is 3.32. The van der Waals surface area contributed by atoms with Gasteiger partial charge in [-0.05, 0) is 18.6 Å². The maximum absolute atomic E-state index is 11.8. The summed E-state index contributed by atoms with van der Waals surface area (Å²) in [5.41, 5.74) is 0.478. The minimum Gasteiger partial charge on any atom is -0.456 e. The van der Waals surface area contributed by atoms with Crippen molar-refractivity contribution in [1.82, 2.24) is 5.32 Å². The van der Waals surface area contributed by atoms with E-state index in [-0.39, 0.29) is 18.3 Å². The molecule has 0 aromatic heterocycles. The molecule has 19 heavy (non-hydrogen) atoms. The fourth-order valence-electron chi connectivity index (χ4n) is 1.75. The lowest BCUT2D eigenvalue weighted by molar-refractivity contribution is -0.145. The fourth-order valence-corrected chi connectivity index (χ4v) is 2.01. The smallest absolute Gasteiger partial charge is 0.329 e. The van der Waals surface area contributed by atoms with Crippen LogP contribution in [0.3, 0.4) is 0 Å². The molecule has 1 amide bonds. The Hall–Kier alpha value is -1.69. The Morgan fingerprint density at radius 1 is 1.32 bits per heavy atom. The van der Waals surface area contributed by atoms with E-state index in [0.29, 0.717) is 18.4 Å². The van der Waals surface area contributed by atoms with Gasteiger partial charge in [-0.1, -0.05) is 28.1 Å². The van der Waals surface area contributed by atoms with Crippen molar-refractivity contribution in [2.24, 2.45) is 0 Å². The molecular formula is C13H12BrNO4. The van der Waals surface area contributed by atoms with E-state index in [1.54, 1.807) is 24.3 Å². The maximum Gasteiger partial charge on any atom is 0.329 e. The van der Waals surface area contributed by atoms with Gasteiger partial charge >= 0.3 is 5.97 Å². The normalized spacial score (nSPS) is 17.9. The molecule has 0 spiro atoms. The van der Waals surface area contributed by atoms with E-state index in [4.69, 9.17) is 4.74 Å². The predicted octanol–water partition coefficient (Wildman–Crippen LogP) is 1.45. The molecule has 2 rings (SSSR count). The summed E-state index contributed by atoms with van der Waals surface area (Å²) in [6, 6.07) is 6.17. The SMILES string of the molecule is O=C1CC[C@H](C(=O)OCC(=O)c2ccc(Br)cc2)N1. The Bertz CT molecular complexity index is 512. The van der Waals surface area contributed by atoms with Gasteiger partial charge in [0.05, 0.1) is 0 Å². The molecule has 100 valence electrons. The van der Waals surface area contributed by atoms with Crippen molar-refractivity contribution in [3.63, 3.8) is 0 Å². The Balaban J connectivity index is 1.85. The summed E-state index contributed by atoms with van der Waals surface area (Å²) >= 11 is 3.27. The van der Waals surface area contributed by atoms with Crippen LogP contribution in [0.1, 0.15) is 23.2 Å². The number of benzene rings is 1. The highest BCUT2D eigenvalue weighted by molar-refractivity contribution is 9.10. The Morgan fingerprint density at radius 3 is 2.58 bits per heavy atom. The molecule has 1 fully saturated rings. The van der Waals surface area contributed by atoms with Crippen LogP contribution in [0.15, 0.2) is 28.7 Å². The van der Waals surface area contributed by atoms with Crippen LogP contribution >= 0.6 is 15.9 Å². The first-order valence-electron chi connectivity index (χ1n) is 5.81. The van der Waals surface area contributed by atoms with Crippen LogP contribution in [0.5, 0.6) is 0 Å². The molecule has 1 heterocycles. The number of nitrogens with one attached hydrogen (secondary N) is 1. The fraction of sp³-hybridized carbons (Fsp3) is 0.308. The molecule has 1 N–H and O–H groups in total. The molecule has 0 saturated carbocycles. The number of esters is 1. The lowest BCUT2D eigenvalue weighted by Crippen LogP contribution is -2.35. The van der Waals surface area contributed by atoms with Crippen LogP contribution < -0.4 is 5.32 Å². The molecule has 0 radical (unpaired) electrons. The largest absolute Gasteiger partial charge is 0.456 e. The second kappa shape index (κ2) is 5.97. The van der Waals surface area contributed by atoms with Gasteiger partial charge in [0.1, 0.15) is 6.04 Å².